The number of carbonyl (C=O) groups excluding carboxylic acids is 2. The molecule has 1 aliphatic carbocycles. The van der Waals surface area contributed by atoms with Crippen molar-refractivity contribution in [2.24, 2.45) is 11.3 Å². The molecule has 0 saturated heterocycles. The Morgan fingerprint density at radius 3 is 2.37 bits per heavy atom. The topological polar surface area (TPSA) is 68.3 Å². The molecule has 6 heteroatoms. The Morgan fingerprint density at radius 2 is 1.68 bits per heavy atom. The molecule has 5 rings (SSSR count). The smallest absolute Gasteiger partial charge is 0.339 e. The van der Waals surface area contributed by atoms with Crippen molar-refractivity contribution in [1.29, 1.82) is 0 Å². The predicted octanol–water partition coefficient (Wildman–Crippen LogP) is 8.45. The molecule has 0 unspecified atom stereocenters. The summed E-state index contributed by atoms with van der Waals surface area (Å²) in [6.07, 6.45) is 3.66. The van der Waals surface area contributed by atoms with Gasteiger partial charge in [0.1, 0.15) is 0 Å². The van der Waals surface area contributed by atoms with E-state index in [1.165, 1.54) is 0 Å². The van der Waals surface area contributed by atoms with E-state index in [1.807, 2.05) is 80.6 Å². The van der Waals surface area contributed by atoms with Crippen LogP contribution in [-0.4, -0.2) is 23.5 Å². The van der Waals surface area contributed by atoms with Crippen molar-refractivity contribution >= 4 is 51.7 Å². The van der Waals surface area contributed by atoms with Gasteiger partial charge in [-0.3, -0.25) is 4.79 Å². The van der Waals surface area contributed by atoms with E-state index in [0.717, 1.165) is 45.3 Å². The number of aryl methyl sites for hydroxylation is 2. The summed E-state index contributed by atoms with van der Waals surface area (Å²) >= 11 is 6.14. The lowest BCUT2D eigenvalue weighted by atomic mass is 9.69. The Hall–Kier alpha value is -3.96. The number of para-hydroxylation sites is 1. The fourth-order valence-corrected chi connectivity index (χ4v) is 5.70. The minimum atomic E-state index is -0.518. The van der Waals surface area contributed by atoms with Crippen molar-refractivity contribution in [3.05, 3.63) is 105 Å². The summed E-state index contributed by atoms with van der Waals surface area (Å²) in [5, 5.41) is 4.26. The fraction of sp³-hybridized carbons (Fsp3) is 0.286. The number of nitrogens with one attached hydrogen (secondary N) is 1. The highest BCUT2D eigenvalue weighted by Gasteiger charge is 2.35. The zero-order valence-corrected chi connectivity index (χ0v) is 24.9. The number of hydrogen-bond acceptors (Lipinski definition) is 4. The van der Waals surface area contributed by atoms with Gasteiger partial charge in [0.15, 0.2) is 6.61 Å². The van der Waals surface area contributed by atoms with Gasteiger partial charge in [0, 0.05) is 16.1 Å². The number of halogens is 1. The van der Waals surface area contributed by atoms with Gasteiger partial charge in [-0.2, -0.15) is 0 Å². The number of ether oxygens (including phenoxy) is 1. The number of rotatable bonds is 5. The van der Waals surface area contributed by atoms with Gasteiger partial charge in [-0.05, 0) is 102 Å². The van der Waals surface area contributed by atoms with E-state index in [4.69, 9.17) is 21.3 Å². The fourth-order valence-electron chi connectivity index (χ4n) is 5.58. The Balaban J connectivity index is 1.53. The third kappa shape index (κ3) is 6.52. The van der Waals surface area contributed by atoms with Crippen LogP contribution in [0.4, 0.5) is 5.69 Å². The minimum absolute atomic E-state index is 0.00454. The monoisotopic (exact) mass is 566 g/mol. The number of amides is 1. The van der Waals surface area contributed by atoms with E-state index in [1.54, 1.807) is 0 Å². The van der Waals surface area contributed by atoms with Gasteiger partial charge in [0.2, 0.25) is 0 Å². The predicted molar refractivity (Wildman–Crippen MR) is 167 cm³/mol. The van der Waals surface area contributed by atoms with E-state index >= 15 is 0 Å². The maximum absolute atomic E-state index is 13.8. The summed E-state index contributed by atoms with van der Waals surface area (Å²) in [5.41, 5.74) is 7.74. The zero-order chi connectivity index (χ0) is 29.3. The van der Waals surface area contributed by atoms with Gasteiger partial charge < -0.3 is 10.1 Å². The molecule has 1 aromatic heterocycles. The first-order valence-electron chi connectivity index (χ1n) is 13.9. The summed E-state index contributed by atoms with van der Waals surface area (Å²) in [5.74, 6) is -0.627. The molecule has 0 radical (unpaired) electrons. The normalized spacial score (nSPS) is 16.0. The van der Waals surface area contributed by atoms with Crippen LogP contribution < -0.4 is 5.32 Å². The molecular formula is C35H35ClN2O3. The average molecular weight is 567 g/mol. The van der Waals surface area contributed by atoms with E-state index in [9.17, 15) is 9.59 Å². The highest BCUT2D eigenvalue weighted by molar-refractivity contribution is 6.30. The summed E-state index contributed by atoms with van der Waals surface area (Å²) < 4.78 is 5.67. The van der Waals surface area contributed by atoms with Crippen LogP contribution in [-0.2, 0) is 16.0 Å². The number of esters is 1. The second-order valence-electron chi connectivity index (χ2n) is 12.0. The minimum Gasteiger partial charge on any atom is -0.452 e. The second-order valence-corrected chi connectivity index (χ2v) is 12.5. The first kappa shape index (κ1) is 28.6. The van der Waals surface area contributed by atoms with E-state index < -0.39 is 5.97 Å². The molecule has 1 amide bonds. The van der Waals surface area contributed by atoms with E-state index in [0.29, 0.717) is 28.2 Å². The van der Waals surface area contributed by atoms with Crippen molar-refractivity contribution in [2.75, 3.05) is 11.9 Å². The quantitative estimate of drug-likeness (QED) is 0.246. The number of hydrogen-bond donors (Lipinski definition) is 1. The van der Waals surface area contributed by atoms with Gasteiger partial charge in [-0.25, -0.2) is 9.78 Å². The number of nitrogens with zero attached hydrogens (tertiary/aromatic N) is 1. The van der Waals surface area contributed by atoms with Gasteiger partial charge in [-0.15, -0.1) is 0 Å². The van der Waals surface area contributed by atoms with Crippen LogP contribution >= 0.6 is 11.6 Å². The molecule has 5 nitrogen and oxygen atoms in total. The number of benzene rings is 3. The Morgan fingerprint density at radius 1 is 1.00 bits per heavy atom. The van der Waals surface area contributed by atoms with Gasteiger partial charge in [0.05, 0.1) is 16.8 Å². The lowest BCUT2D eigenvalue weighted by Crippen LogP contribution is -2.29. The van der Waals surface area contributed by atoms with E-state index in [-0.39, 0.29) is 23.8 Å². The maximum Gasteiger partial charge on any atom is 0.339 e. The molecule has 210 valence electrons. The second kappa shape index (κ2) is 11.5. The standard InChI is InChI=1S/C35H35ClN2O3/c1-21-14-22(2)16-27(15-21)37-31(39)20-41-34(40)32-28-8-6-7-9-30(28)38-33-24(17-23-10-12-26(36)13-11-23)18-25(19-29(32)33)35(3,4)5/h6-17,25H,18-20H2,1-5H3,(H,37,39)/b24-17+/t25-/m1/s1. The molecule has 1 aliphatic rings. The summed E-state index contributed by atoms with van der Waals surface area (Å²) in [7, 11) is 0. The molecule has 0 saturated carbocycles. The largest absolute Gasteiger partial charge is 0.452 e. The van der Waals surface area contributed by atoms with Gasteiger partial charge >= 0.3 is 5.97 Å². The van der Waals surface area contributed by atoms with Gasteiger partial charge in [-0.1, -0.05) is 68.8 Å². The molecule has 0 bridgehead atoms. The average Bonchev–Trinajstić information content (AvgIpc) is 2.90. The molecule has 1 heterocycles. The first-order valence-corrected chi connectivity index (χ1v) is 14.3. The molecule has 1 N–H and O–H groups in total. The lowest BCUT2D eigenvalue weighted by molar-refractivity contribution is -0.119. The molecule has 41 heavy (non-hydrogen) atoms. The molecular weight excluding hydrogens is 532 g/mol. The van der Waals surface area contributed by atoms with Crippen LogP contribution in [0.3, 0.4) is 0 Å². The number of pyridine rings is 1. The SMILES string of the molecule is Cc1cc(C)cc(NC(=O)COC(=O)c2c3c(nc4ccccc24)/C(=C/c2ccc(Cl)cc2)C[C@@H](C(C)(C)C)C3)c1. The van der Waals surface area contributed by atoms with Crippen molar-refractivity contribution in [3.63, 3.8) is 0 Å². The number of aromatic nitrogens is 1. The Bertz CT molecular complexity index is 1650. The lowest BCUT2D eigenvalue weighted by Gasteiger charge is -2.36. The van der Waals surface area contributed by atoms with Crippen molar-refractivity contribution in [1.82, 2.24) is 4.98 Å². The molecule has 1 atom stereocenters. The zero-order valence-electron chi connectivity index (χ0n) is 24.2. The summed E-state index contributed by atoms with van der Waals surface area (Å²) in [6, 6.07) is 21.2. The van der Waals surface area contributed by atoms with Crippen LogP contribution in [0.15, 0.2) is 66.7 Å². The highest BCUT2D eigenvalue weighted by atomic mass is 35.5. The Kier molecular flexibility index (Phi) is 8.01. The van der Waals surface area contributed by atoms with Crippen molar-refractivity contribution in [3.8, 4) is 0 Å². The van der Waals surface area contributed by atoms with Gasteiger partial charge in [0.25, 0.3) is 5.91 Å². The highest BCUT2D eigenvalue weighted by Crippen LogP contribution is 2.45. The number of anilines is 1. The van der Waals surface area contributed by atoms with E-state index in [2.05, 4.69) is 32.2 Å². The number of allylic oxidation sites excluding steroid dienone is 1. The Labute approximate surface area is 246 Å². The van der Waals surface area contributed by atoms with Crippen LogP contribution in [0.1, 0.15) is 65.5 Å². The first-order chi connectivity index (χ1) is 19.5. The molecule has 0 spiro atoms. The third-order valence-electron chi connectivity index (χ3n) is 7.69. The maximum atomic E-state index is 13.8. The summed E-state index contributed by atoms with van der Waals surface area (Å²) in [6.45, 7) is 10.3. The third-order valence-corrected chi connectivity index (χ3v) is 7.95. The molecule has 0 fully saturated rings. The molecule has 4 aromatic rings. The van der Waals surface area contributed by atoms with Crippen LogP contribution in [0.25, 0.3) is 22.6 Å². The van der Waals surface area contributed by atoms with Crippen molar-refractivity contribution in [2.45, 2.75) is 47.5 Å². The molecule has 3 aromatic carbocycles. The molecule has 0 aliphatic heterocycles. The number of fused-ring (bicyclic) bond motifs is 2. The number of carbonyl (C=O) groups is 2. The van der Waals surface area contributed by atoms with Crippen LogP contribution in [0, 0.1) is 25.2 Å². The van der Waals surface area contributed by atoms with Crippen LogP contribution in [0.5, 0.6) is 0 Å². The van der Waals surface area contributed by atoms with Crippen molar-refractivity contribution < 1.29 is 14.3 Å². The van der Waals surface area contributed by atoms with Crippen LogP contribution in [0.2, 0.25) is 5.02 Å². The summed E-state index contributed by atoms with van der Waals surface area (Å²) in [4.78, 5) is 31.6.